The average Bonchev–Trinajstić information content (AvgIpc) is 3.00. The van der Waals surface area contributed by atoms with Crippen LogP contribution in [-0.4, -0.2) is 64.7 Å². The van der Waals surface area contributed by atoms with E-state index in [1.165, 1.54) is 25.7 Å². The van der Waals surface area contributed by atoms with Gasteiger partial charge in [0.15, 0.2) is 17.8 Å². The predicted molar refractivity (Wildman–Crippen MR) is 90.4 cm³/mol. The van der Waals surface area contributed by atoms with Gasteiger partial charge >= 0.3 is 0 Å². The molecule has 128 valence electrons. The normalized spacial score (nSPS) is 33.6. The fourth-order valence-electron chi connectivity index (χ4n) is 4.60. The summed E-state index contributed by atoms with van der Waals surface area (Å²) in [5.74, 6) is 1.21. The molecule has 0 aliphatic carbocycles. The maximum atomic E-state index is 6.22. The standard InChI is InChI=1S/C17H22ClN4O2/c1-21(10-4-11-6-13-7-12(5-10)22(11)13)17-19-15(18)8-16(20-17)24-14-2-3-23-9-14/h8,10-12,14H,2-7,9H2,1H3/q+1/t10?,11-,12+,14-/m0/s1. The third-order valence-corrected chi connectivity index (χ3v) is 6.07. The summed E-state index contributed by atoms with van der Waals surface area (Å²) in [6.07, 6.45) is 5.89. The van der Waals surface area contributed by atoms with E-state index in [-0.39, 0.29) is 6.10 Å². The van der Waals surface area contributed by atoms with E-state index in [4.69, 9.17) is 21.1 Å². The predicted octanol–water partition coefficient (Wildman–Crippen LogP) is 1.89. The summed E-state index contributed by atoms with van der Waals surface area (Å²) in [6.45, 7) is 1.37. The van der Waals surface area contributed by atoms with Gasteiger partial charge in [0, 0.05) is 38.4 Å². The lowest BCUT2D eigenvalue weighted by molar-refractivity contribution is -0.663. The zero-order valence-electron chi connectivity index (χ0n) is 13.8. The third kappa shape index (κ3) is 2.39. The summed E-state index contributed by atoms with van der Waals surface area (Å²) in [5, 5.41) is 0.432. The maximum absolute atomic E-state index is 6.22. The number of ether oxygens (including phenoxy) is 2. The Kier molecular flexibility index (Phi) is 3.45. The van der Waals surface area contributed by atoms with Crippen molar-refractivity contribution in [2.24, 2.45) is 0 Å². The molecule has 24 heavy (non-hydrogen) atoms. The Morgan fingerprint density at radius 3 is 2.75 bits per heavy atom. The molecule has 5 heterocycles. The molecule has 4 aliphatic rings. The van der Waals surface area contributed by atoms with E-state index in [9.17, 15) is 0 Å². The average molecular weight is 350 g/mol. The molecule has 0 aromatic carbocycles. The smallest absolute Gasteiger partial charge is 0.230 e. The minimum absolute atomic E-state index is 0.0660. The molecule has 6 nitrogen and oxygen atoms in total. The molecular weight excluding hydrogens is 328 g/mol. The van der Waals surface area contributed by atoms with Crippen molar-refractivity contribution in [3.05, 3.63) is 11.2 Å². The Morgan fingerprint density at radius 1 is 1.29 bits per heavy atom. The van der Waals surface area contributed by atoms with E-state index < -0.39 is 0 Å². The second-order valence-corrected chi connectivity index (χ2v) is 7.75. The summed E-state index contributed by atoms with van der Waals surface area (Å²) < 4.78 is 13.9. The fourth-order valence-corrected chi connectivity index (χ4v) is 4.77. The number of anilines is 1. The minimum Gasteiger partial charge on any atom is -0.472 e. The number of hydrogen-bond acceptors (Lipinski definition) is 5. The van der Waals surface area contributed by atoms with Crippen molar-refractivity contribution in [3.8, 4) is 5.88 Å². The van der Waals surface area contributed by atoms with Gasteiger partial charge in [-0.3, -0.25) is 0 Å². The molecule has 4 aliphatic heterocycles. The third-order valence-electron chi connectivity index (χ3n) is 5.88. The molecule has 0 spiro atoms. The highest BCUT2D eigenvalue weighted by Gasteiger charge is 2.57. The van der Waals surface area contributed by atoms with Gasteiger partial charge in [-0.2, -0.15) is 4.98 Å². The number of rotatable bonds is 4. The van der Waals surface area contributed by atoms with E-state index in [0.29, 0.717) is 29.6 Å². The van der Waals surface area contributed by atoms with Crippen LogP contribution in [-0.2, 0) is 4.74 Å². The van der Waals surface area contributed by atoms with Gasteiger partial charge in [-0.1, -0.05) is 11.6 Å². The van der Waals surface area contributed by atoms with E-state index >= 15 is 0 Å². The van der Waals surface area contributed by atoms with Crippen molar-refractivity contribution in [1.29, 1.82) is 0 Å². The molecular formula is C17H22ClN4O2+. The van der Waals surface area contributed by atoms with E-state index in [1.54, 1.807) is 11.8 Å². The molecule has 1 unspecified atom stereocenters. The molecule has 0 saturated carbocycles. The summed E-state index contributed by atoms with van der Waals surface area (Å²) >= 11 is 6.22. The van der Waals surface area contributed by atoms with Gasteiger partial charge < -0.3 is 14.4 Å². The van der Waals surface area contributed by atoms with Crippen LogP contribution in [0.15, 0.2) is 6.07 Å². The highest BCUT2D eigenvalue weighted by Crippen LogP contribution is 2.40. The minimum atomic E-state index is 0.0660. The van der Waals surface area contributed by atoms with Gasteiger partial charge in [0.2, 0.25) is 11.8 Å². The summed E-state index contributed by atoms with van der Waals surface area (Å²) in [7, 11) is 2.08. The summed E-state index contributed by atoms with van der Waals surface area (Å²) in [6, 6.07) is 3.62. The number of nitrogens with zero attached hydrogens (tertiary/aromatic N) is 4. The number of aromatic nitrogens is 2. The maximum Gasteiger partial charge on any atom is 0.230 e. The van der Waals surface area contributed by atoms with Crippen molar-refractivity contribution in [3.63, 3.8) is 0 Å². The molecule has 1 aromatic heterocycles. The van der Waals surface area contributed by atoms with Crippen LogP contribution in [0.25, 0.3) is 0 Å². The first kappa shape index (κ1) is 14.9. The Bertz CT molecular complexity index is 684. The zero-order valence-corrected chi connectivity index (χ0v) is 14.6. The topological polar surface area (TPSA) is 50.5 Å². The molecule has 1 aromatic rings. The van der Waals surface area contributed by atoms with E-state index in [2.05, 4.69) is 26.5 Å². The molecule has 0 amide bonds. The van der Waals surface area contributed by atoms with Crippen LogP contribution >= 0.6 is 11.6 Å². The van der Waals surface area contributed by atoms with Crippen LogP contribution in [0.4, 0.5) is 5.95 Å². The van der Waals surface area contributed by atoms with Crippen molar-refractivity contribution in [2.45, 2.75) is 56.3 Å². The van der Waals surface area contributed by atoms with Gasteiger partial charge in [0.05, 0.1) is 26.1 Å². The first-order valence-electron chi connectivity index (χ1n) is 8.82. The summed E-state index contributed by atoms with van der Waals surface area (Å²) in [4.78, 5) is 11.2. The molecule has 0 radical (unpaired) electrons. The monoisotopic (exact) mass is 349 g/mol. The number of halogens is 1. The van der Waals surface area contributed by atoms with E-state index in [0.717, 1.165) is 25.1 Å². The van der Waals surface area contributed by atoms with Gasteiger partial charge in [0.1, 0.15) is 11.3 Å². The van der Waals surface area contributed by atoms with Crippen LogP contribution in [0, 0.1) is 0 Å². The first-order valence-corrected chi connectivity index (χ1v) is 9.20. The lowest BCUT2D eigenvalue weighted by Gasteiger charge is -2.47. The molecule has 0 bridgehead atoms. The Morgan fingerprint density at radius 2 is 2.08 bits per heavy atom. The molecule has 5 rings (SSSR count). The highest BCUT2D eigenvalue weighted by molar-refractivity contribution is 6.29. The van der Waals surface area contributed by atoms with Crippen molar-refractivity contribution in [2.75, 3.05) is 25.2 Å². The van der Waals surface area contributed by atoms with E-state index in [1.807, 2.05) is 0 Å². The Hall–Kier alpha value is -1.40. The first-order chi connectivity index (χ1) is 11.7. The van der Waals surface area contributed by atoms with Crippen LogP contribution < -0.4 is 9.64 Å². The Balaban J connectivity index is 1.33. The second-order valence-electron chi connectivity index (χ2n) is 7.36. The van der Waals surface area contributed by atoms with Gasteiger partial charge in [-0.15, -0.1) is 0 Å². The quantitative estimate of drug-likeness (QED) is 0.614. The second kappa shape index (κ2) is 5.56. The molecule has 7 heteroatoms. The summed E-state index contributed by atoms with van der Waals surface area (Å²) in [5.41, 5.74) is 1.67. The van der Waals surface area contributed by atoms with Crippen LogP contribution in [0.1, 0.15) is 32.1 Å². The number of hydrogen-bond donors (Lipinski definition) is 0. The lowest BCUT2D eigenvalue weighted by Crippen LogP contribution is -2.65. The van der Waals surface area contributed by atoms with Crippen LogP contribution in [0.2, 0.25) is 5.15 Å². The molecule has 0 N–H and O–H groups in total. The molecule has 2 fully saturated rings. The fraction of sp³-hybridized carbons (Fsp3) is 0.706. The highest BCUT2D eigenvalue weighted by atomic mass is 35.5. The zero-order chi connectivity index (χ0) is 16.3. The van der Waals surface area contributed by atoms with Crippen LogP contribution in [0.5, 0.6) is 5.88 Å². The van der Waals surface area contributed by atoms with Crippen molar-refractivity contribution >= 4 is 23.3 Å². The molecule has 2 saturated heterocycles. The SMILES string of the molecule is CN(c1nc(Cl)cc(O[C@H]2CCOC2)n1)C1C[C@H]2CC3=[N+]2[C@@H](C3)C1. The lowest BCUT2D eigenvalue weighted by atomic mass is 9.74. The van der Waals surface area contributed by atoms with Gasteiger partial charge in [-0.05, 0) is 0 Å². The number of piperidine rings is 2. The van der Waals surface area contributed by atoms with Crippen molar-refractivity contribution < 1.29 is 14.0 Å². The van der Waals surface area contributed by atoms with Crippen molar-refractivity contribution in [1.82, 2.24) is 9.97 Å². The van der Waals surface area contributed by atoms with Gasteiger partial charge in [-0.25, -0.2) is 9.56 Å². The van der Waals surface area contributed by atoms with Gasteiger partial charge in [0.25, 0.3) is 0 Å². The van der Waals surface area contributed by atoms with Crippen LogP contribution in [0.3, 0.4) is 0 Å². The Labute approximate surface area is 146 Å². The largest absolute Gasteiger partial charge is 0.472 e. The molecule has 4 atom stereocenters.